The predicted molar refractivity (Wildman–Crippen MR) is 30.2 cm³/mol. The number of rotatable bonds is 1. The molecule has 0 heterocycles. The molecule has 7 heavy (non-hydrogen) atoms. The Kier molecular flexibility index (Phi) is 6.66. The van der Waals surface area contributed by atoms with Crippen LogP contribution in [0, 0.1) is 0 Å². The maximum atomic E-state index is 8.97. The monoisotopic (exact) mass is 193 g/mol. The van der Waals surface area contributed by atoms with Crippen molar-refractivity contribution in [3.05, 3.63) is 0 Å². The summed E-state index contributed by atoms with van der Waals surface area (Å²) < 4.78 is 0. The van der Waals surface area contributed by atoms with Crippen molar-refractivity contribution in [1.29, 1.82) is 0 Å². The van der Waals surface area contributed by atoms with Gasteiger partial charge >= 0.3 is 0 Å². The van der Waals surface area contributed by atoms with E-state index >= 15 is 0 Å². The molecule has 0 aliphatic heterocycles. The van der Waals surface area contributed by atoms with E-state index in [9.17, 15) is 0 Å². The molecule has 0 unspecified atom stereocenters. The van der Waals surface area contributed by atoms with E-state index in [0.29, 0.717) is 0 Å². The van der Waals surface area contributed by atoms with Crippen LogP contribution >= 0.6 is 0 Å². The van der Waals surface area contributed by atoms with Crippen molar-refractivity contribution >= 4 is 8.32 Å². The van der Waals surface area contributed by atoms with Crippen molar-refractivity contribution in [3.63, 3.8) is 0 Å². The van der Waals surface area contributed by atoms with Crippen molar-refractivity contribution in [2.75, 3.05) is 0 Å². The molecule has 0 aliphatic rings. The molecule has 0 aliphatic carbocycles. The van der Waals surface area contributed by atoms with Gasteiger partial charge in [-0.05, 0) is 19.1 Å². The maximum absolute atomic E-state index is 8.97. The standard InChI is InChI=1S/C4H12OSi.Y/c1-4-6(2,3)5;/h5H,4H2,1-3H3;. The molecule has 0 amide bonds. The largest absolute Gasteiger partial charge is 0.432 e. The molecule has 41 valence electrons. The molecule has 0 bridgehead atoms. The van der Waals surface area contributed by atoms with E-state index in [1.54, 1.807) is 0 Å². The fraction of sp³-hybridized carbons (Fsp3) is 1.00. The Balaban J connectivity index is 0. The van der Waals surface area contributed by atoms with Gasteiger partial charge in [0.1, 0.15) is 0 Å². The Morgan fingerprint density at radius 2 is 1.57 bits per heavy atom. The molecule has 0 atom stereocenters. The van der Waals surface area contributed by atoms with Crippen LogP contribution < -0.4 is 0 Å². The van der Waals surface area contributed by atoms with E-state index in [2.05, 4.69) is 0 Å². The molecular weight excluding hydrogens is 181 g/mol. The zero-order valence-corrected chi connectivity index (χ0v) is 9.07. The average Bonchev–Trinajstić information content (AvgIpc) is 1.35. The fourth-order valence-electron chi connectivity index (χ4n) is 0. The molecule has 0 spiro atoms. The van der Waals surface area contributed by atoms with Crippen molar-refractivity contribution in [2.45, 2.75) is 26.1 Å². The van der Waals surface area contributed by atoms with Crippen LogP contribution in [0.5, 0.6) is 0 Å². The Morgan fingerprint density at radius 1 is 1.43 bits per heavy atom. The molecule has 0 saturated heterocycles. The molecule has 0 aromatic carbocycles. The normalized spacial score (nSPS) is 10.3. The van der Waals surface area contributed by atoms with Crippen molar-refractivity contribution < 1.29 is 37.5 Å². The van der Waals surface area contributed by atoms with Crippen LogP contribution in [0.4, 0.5) is 0 Å². The molecule has 0 aromatic rings. The van der Waals surface area contributed by atoms with Gasteiger partial charge in [0.2, 0.25) is 0 Å². The van der Waals surface area contributed by atoms with E-state index < -0.39 is 8.32 Å². The summed E-state index contributed by atoms with van der Waals surface area (Å²) in [5.74, 6) is 0. The van der Waals surface area contributed by atoms with Gasteiger partial charge in [-0.15, -0.1) is 0 Å². The minimum atomic E-state index is -1.63. The van der Waals surface area contributed by atoms with Crippen molar-refractivity contribution in [1.82, 2.24) is 0 Å². The van der Waals surface area contributed by atoms with Crippen molar-refractivity contribution in [3.8, 4) is 0 Å². The van der Waals surface area contributed by atoms with Crippen LogP contribution in [0.25, 0.3) is 0 Å². The van der Waals surface area contributed by atoms with Gasteiger partial charge in [-0.3, -0.25) is 0 Å². The second-order valence-electron chi connectivity index (χ2n) is 2.17. The molecule has 0 aromatic heterocycles. The Morgan fingerprint density at radius 3 is 1.57 bits per heavy atom. The van der Waals surface area contributed by atoms with E-state index in [0.717, 1.165) is 6.04 Å². The fourth-order valence-corrected chi connectivity index (χ4v) is 0. The maximum Gasteiger partial charge on any atom is 0.182 e. The average molecular weight is 193 g/mol. The summed E-state index contributed by atoms with van der Waals surface area (Å²) in [7, 11) is -1.63. The quantitative estimate of drug-likeness (QED) is 0.620. The number of hydrogen-bond donors (Lipinski definition) is 1. The van der Waals surface area contributed by atoms with Gasteiger partial charge < -0.3 is 4.80 Å². The van der Waals surface area contributed by atoms with Crippen LogP contribution in [-0.2, 0) is 32.7 Å². The summed E-state index contributed by atoms with van der Waals surface area (Å²) in [6, 6.07) is 0.965. The van der Waals surface area contributed by atoms with Crippen LogP contribution in [0.15, 0.2) is 0 Å². The van der Waals surface area contributed by atoms with Crippen LogP contribution in [0.2, 0.25) is 19.1 Å². The Hall–Kier alpha value is 1.28. The Bertz CT molecular complexity index is 41.4. The predicted octanol–water partition coefficient (Wildman–Crippen LogP) is 1.20. The first kappa shape index (κ1) is 11.1. The molecule has 0 saturated carbocycles. The van der Waals surface area contributed by atoms with E-state index in [1.807, 2.05) is 20.0 Å². The molecule has 0 fully saturated rings. The second kappa shape index (κ2) is 4.19. The zero-order valence-electron chi connectivity index (χ0n) is 5.23. The smallest absolute Gasteiger partial charge is 0.182 e. The van der Waals surface area contributed by atoms with Gasteiger partial charge in [-0.2, -0.15) is 0 Å². The molecule has 1 radical (unpaired) electrons. The third-order valence-electron chi connectivity index (χ3n) is 0.865. The van der Waals surface area contributed by atoms with E-state index in [-0.39, 0.29) is 32.7 Å². The topological polar surface area (TPSA) is 20.2 Å². The van der Waals surface area contributed by atoms with Gasteiger partial charge in [-0.1, -0.05) is 6.92 Å². The molecule has 3 heteroatoms. The van der Waals surface area contributed by atoms with E-state index in [1.165, 1.54) is 0 Å². The molecular formula is C4H12OSiY. The first-order valence-electron chi connectivity index (χ1n) is 2.28. The second-order valence-corrected chi connectivity index (χ2v) is 6.50. The minimum absolute atomic E-state index is 0. The molecule has 1 N–H and O–H groups in total. The summed E-state index contributed by atoms with van der Waals surface area (Å²) >= 11 is 0. The van der Waals surface area contributed by atoms with Gasteiger partial charge in [0.05, 0.1) is 0 Å². The minimum Gasteiger partial charge on any atom is -0.432 e. The summed E-state index contributed by atoms with van der Waals surface area (Å²) in [6.07, 6.45) is 0. The summed E-state index contributed by atoms with van der Waals surface area (Å²) in [6.45, 7) is 5.90. The zero-order chi connectivity index (χ0) is 5.21. The molecule has 1 nitrogen and oxygen atoms in total. The summed E-state index contributed by atoms with van der Waals surface area (Å²) in [4.78, 5) is 8.97. The number of hydrogen-bond acceptors (Lipinski definition) is 1. The Labute approximate surface area is 71.5 Å². The van der Waals surface area contributed by atoms with Crippen LogP contribution in [0.1, 0.15) is 6.92 Å². The van der Waals surface area contributed by atoms with Gasteiger partial charge in [0.25, 0.3) is 0 Å². The van der Waals surface area contributed by atoms with Crippen molar-refractivity contribution in [2.24, 2.45) is 0 Å². The first-order chi connectivity index (χ1) is 2.56. The SMILES string of the molecule is CC[Si](C)(C)O.[Y]. The molecule has 0 rings (SSSR count). The van der Waals surface area contributed by atoms with Crippen LogP contribution in [-0.4, -0.2) is 13.1 Å². The van der Waals surface area contributed by atoms with Gasteiger partial charge in [0, 0.05) is 32.7 Å². The van der Waals surface area contributed by atoms with Gasteiger partial charge in [0.15, 0.2) is 8.32 Å². The third kappa shape index (κ3) is 11.1. The van der Waals surface area contributed by atoms with Crippen LogP contribution in [0.3, 0.4) is 0 Å². The van der Waals surface area contributed by atoms with E-state index in [4.69, 9.17) is 4.80 Å². The third-order valence-corrected chi connectivity index (χ3v) is 2.60. The van der Waals surface area contributed by atoms with Gasteiger partial charge in [-0.25, -0.2) is 0 Å². The first-order valence-corrected chi connectivity index (χ1v) is 5.44. The summed E-state index contributed by atoms with van der Waals surface area (Å²) in [5, 5.41) is 0. The summed E-state index contributed by atoms with van der Waals surface area (Å²) in [5.41, 5.74) is 0.